The van der Waals surface area contributed by atoms with E-state index in [1.54, 1.807) is 11.6 Å². The van der Waals surface area contributed by atoms with Gasteiger partial charge in [-0.05, 0) is 40.0 Å². The van der Waals surface area contributed by atoms with Crippen LogP contribution in [0.3, 0.4) is 0 Å². The number of nitrogens with zero attached hydrogens (tertiary/aromatic N) is 4. The van der Waals surface area contributed by atoms with E-state index in [1.807, 2.05) is 24.3 Å². The van der Waals surface area contributed by atoms with Crippen molar-refractivity contribution in [3.63, 3.8) is 0 Å². The number of rotatable bonds is 5. The summed E-state index contributed by atoms with van der Waals surface area (Å²) in [5.41, 5.74) is 9.91. The van der Waals surface area contributed by atoms with Crippen LogP contribution in [-0.2, 0) is 16.8 Å². The number of para-hydroxylation sites is 1. The summed E-state index contributed by atoms with van der Waals surface area (Å²) in [7, 11) is 0. The van der Waals surface area contributed by atoms with E-state index in [1.165, 1.54) is 5.56 Å². The Labute approximate surface area is 181 Å². The second-order valence-corrected chi connectivity index (χ2v) is 8.65. The van der Waals surface area contributed by atoms with Crippen LogP contribution in [0.2, 0.25) is 0 Å². The Bertz CT molecular complexity index is 1140. The van der Waals surface area contributed by atoms with E-state index in [0.717, 1.165) is 11.1 Å². The molecule has 1 atom stereocenters. The molecule has 2 aromatic carbocycles. The van der Waals surface area contributed by atoms with Gasteiger partial charge in [-0.1, -0.05) is 68.3 Å². The Hall–Kier alpha value is -3.68. The number of hydrogen-bond donors (Lipinski definition) is 2. The van der Waals surface area contributed by atoms with Crippen molar-refractivity contribution in [1.82, 2.24) is 20.2 Å². The minimum absolute atomic E-state index is 0.0971. The zero-order valence-corrected chi connectivity index (χ0v) is 18.1. The lowest BCUT2D eigenvalue weighted by Gasteiger charge is -2.28. The molecule has 0 saturated heterocycles. The molecule has 2 heterocycles. The van der Waals surface area contributed by atoms with Gasteiger partial charge in [0.2, 0.25) is 11.9 Å². The van der Waals surface area contributed by atoms with Crippen molar-refractivity contribution in [2.45, 2.75) is 45.8 Å². The van der Waals surface area contributed by atoms with Gasteiger partial charge in [0.05, 0.1) is 5.57 Å². The molecule has 31 heavy (non-hydrogen) atoms. The van der Waals surface area contributed by atoms with Gasteiger partial charge in [0, 0.05) is 11.3 Å². The van der Waals surface area contributed by atoms with Crippen LogP contribution in [0.1, 0.15) is 50.4 Å². The first-order chi connectivity index (χ1) is 14.8. The summed E-state index contributed by atoms with van der Waals surface area (Å²) in [5, 5.41) is 14.8. The molecule has 8 heteroatoms. The first-order valence-electron chi connectivity index (χ1n) is 10.1. The number of aromatic nitrogens is 4. The highest BCUT2D eigenvalue weighted by atomic mass is 16.5. The number of nitrogens with one attached hydrogen (secondary N) is 1. The maximum absolute atomic E-state index is 12.3. The summed E-state index contributed by atoms with van der Waals surface area (Å²) in [6.07, 6.45) is 0. The van der Waals surface area contributed by atoms with Crippen molar-refractivity contribution in [1.29, 1.82) is 0 Å². The number of benzene rings is 2. The molecule has 0 fully saturated rings. The minimum atomic E-state index is -0.580. The standard InChI is InChI=1S/C23H26N6O2/c1-14-19(21(24)30)20(29-22(25-14)26-27-28-29)17-7-5-6-8-18(17)31-13-15-9-11-16(12-10-15)23(2,3)4/h5-12,20H,13H2,1-4H3,(H2,24,30)(H,25,26,28). The van der Waals surface area contributed by atoms with E-state index in [4.69, 9.17) is 10.5 Å². The first-order valence-corrected chi connectivity index (χ1v) is 10.1. The number of primary amides is 1. The average Bonchev–Trinajstić information content (AvgIpc) is 3.19. The molecule has 160 valence electrons. The Balaban J connectivity index is 1.66. The van der Waals surface area contributed by atoms with Crippen LogP contribution in [0.5, 0.6) is 5.75 Å². The highest BCUT2D eigenvalue weighted by molar-refractivity contribution is 5.95. The minimum Gasteiger partial charge on any atom is -0.489 e. The van der Waals surface area contributed by atoms with E-state index >= 15 is 0 Å². The van der Waals surface area contributed by atoms with Crippen molar-refractivity contribution in [3.8, 4) is 5.75 Å². The molecule has 1 aliphatic heterocycles. The largest absolute Gasteiger partial charge is 0.489 e. The smallest absolute Gasteiger partial charge is 0.248 e. The quantitative estimate of drug-likeness (QED) is 0.658. The fraction of sp³-hybridized carbons (Fsp3) is 0.304. The van der Waals surface area contributed by atoms with Crippen LogP contribution in [-0.4, -0.2) is 26.1 Å². The normalized spacial score (nSPS) is 15.9. The summed E-state index contributed by atoms with van der Waals surface area (Å²) in [4.78, 5) is 12.3. The number of hydrogen-bond acceptors (Lipinski definition) is 6. The molecule has 1 aliphatic rings. The van der Waals surface area contributed by atoms with Gasteiger partial charge >= 0.3 is 0 Å². The molecule has 4 rings (SSSR count). The zero-order chi connectivity index (χ0) is 22.2. The van der Waals surface area contributed by atoms with Crippen LogP contribution in [0.4, 0.5) is 5.95 Å². The van der Waals surface area contributed by atoms with Crippen LogP contribution in [0, 0.1) is 0 Å². The molecule has 1 amide bonds. The van der Waals surface area contributed by atoms with Gasteiger partial charge in [0.15, 0.2) is 0 Å². The predicted octanol–water partition coefficient (Wildman–Crippen LogP) is 3.32. The summed E-state index contributed by atoms with van der Waals surface area (Å²) < 4.78 is 7.73. The van der Waals surface area contributed by atoms with Gasteiger partial charge < -0.3 is 15.8 Å². The molecule has 0 aliphatic carbocycles. The summed E-state index contributed by atoms with van der Waals surface area (Å²) in [5.74, 6) is 0.547. The molecule has 3 aromatic rings. The number of allylic oxidation sites excluding steroid dienone is 1. The monoisotopic (exact) mass is 418 g/mol. The zero-order valence-electron chi connectivity index (χ0n) is 18.1. The molecular formula is C23H26N6O2. The highest BCUT2D eigenvalue weighted by Crippen LogP contribution is 2.38. The third-order valence-electron chi connectivity index (χ3n) is 5.41. The number of amides is 1. The topological polar surface area (TPSA) is 108 Å². The van der Waals surface area contributed by atoms with Crippen molar-refractivity contribution >= 4 is 11.9 Å². The maximum Gasteiger partial charge on any atom is 0.248 e. The number of ether oxygens (including phenoxy) is 1. The number of nitrogens with two attached hydrogens (primary N) is 1. The van der Waals surface area contributed by atoms with Gasteiger partial charge in [-0.3, -0.25) is 4.79 Å². The van der Waals surface area contributed by atoms with Gasteiger partial charge in [0.1, 0.15) is 18.4 Å². The fourth-order valence-electron chi connectivity index (χ4n) is 3.72. The number of fused-ring (bicyclic) bond motifs is 1. The average molecular weight is 419 g/mol. The predicted molar refractivity (Wildman–Crippen MR) is 117 cm³/mol. The van der Waals surface area contributed by atoms with Crippen LogP contribution in [0.25, 0.3) is 0 Å². The molecular weight excluding hydrogens is 392 g/mol. The van der Waals surface area contributed by atoms with E-state index in [2.05, 4.69) is 65.9 Å². The third-order valence-corrected chi connectivity index (χ3v) is 5.41. The number of carbonyl (C=O) groups excluding carboxylic acids is 1. The molecule has 1 aromatic heterocycles. The van der Waals surface area contributed by atoms with Crippen molar-refractivity contribution in [2.75, 3.05) is 5.32 Å². The molecule has 0 saturated carbocycles. The Morgan fingerprint density at radius 1 is 1.16 bits per heavy atom. The van der Waals surface area contributed by atoms with Gasteiger partial charge in [-0.25, -0.2) is 0 Å². The Kier molecular flexibility index (Phi) is 5.22. The van der Waals surface area contributed by atoms with Crippen LogP contribution < -0.4 is 15.8 Å². The number of tetrazole rings is 1. The van der Waals surface area contributed by atoms with Gasteiger partial charge in [-0.2, -0.15) is 4.68 Å². The molecule has 0 spiro atoms. The van der Waals surface area contributed by atoms with Crippen LogP contribution in [0.15, 0.2) is 59.8 Å². The van der Waals surface area contributed by atoms with Gasteiger partial charge in [-0.15, -0.1) is 0 Å². The van der Waals surface area contributed by atoms with E-state index < -0.39 is 11.9 Å². The van der Waals surface area contributed by atoms with Crippen molar-refractivity contribution in [2.24, 2.45) is 5.73 Å². The molecule has 8 nitrogen and oxygen atoms in total. The van der Waals surface area contributed by atoms with Crippen LogP contribution >= 0.6 is 0 Å². The third kappa shape index (κ3) is 4.01. The summed E-state index contributed by atoms with van der Waals surface area (Å²) in [6, 6.07) is 15.4. The molecule has 1 unspecified atom stereocenters. The summed E-state index contributed by atoms with van der Waals surface area (Å²) in [6.45, 7) is 8.74. The number of anilines is 1. The first kappa shape index (κ1) is 20.6. The fourth-order valence-corrected chi connectivity index (χ4v) is 3.72. The van der Waals surface area contributed by atoms with E-state index in [9.17, 15) is 4.79 Å². The van der Waals surface area contributed by atoms with E-state index in [0.29, 0.717) is 29.6 Å². The molecule has 0 bridgehead atoms. The van der Waals surface area contributed by atoms with Gasteiger partial charge in [0.25, 0.3) is 0 Å². The molecule has 0 radical (unpaired) electrons. The Morgan fingerprint density at radius 3 is 2.55 bits per heavy atom. The lowest BCUT2D eigenvalue weighted by Crippen LogP contribution is -2.32. The second kappa shape index (κ2) is 7.86. The SMILES string of the molecule is CC1=C(C(N)=O)C(c2ccccc2OCc2ccc(C(C)(C)C)cc2)n2nnnc2N1. The second-order valence-electron chi connectivity index (χ2n) is 8.65. The van der Waals surface area contributed by atoms with E-state index in [-0.39, 0.29) is 5.41 Å². The van der Waals surface area contributed by atoms with Crippen molar-refractivity contribution in [3.05, 3.63) is 76.5 Å². The van der Waals surface area contributed by atoms with Crippen molar-refractivity contribution < 1.29 is 9.53 Å². The highest BCUT2D eigenvalue weighted by Gasteiger charge is 2.34. The lowest BCUT2D eigenvalue weighted by molar-refractivity contribution is -0.115. The summed E-state index contributed by atoms with van der Waals surface area (Å²) >= 11 is 0. The lowest BCUT2D eigenvalue weighted by atomic mass is 9.87. The number of carbonyl (C=O) groups is 1. The molecule has 3 N–H and O–H groups in total. The Morgan fingerprint density at radius 2 is 1.87 bits per heavy atom. The maximum atomic E-state index is 12.3.